The van der Waals surface area contributed by atoms with Crippen LogP contribution in [0.25, 0.3) is 0 Å². The Kier molecular flexibility index (Phi) is 7.08. The van der Waals surface area contributed by atoms with Gasteiger partial charge < -0.3 is 10.4 Å². The van der Waals surface area contributed by atoms with Crippen molar-refractivity contribution in [2.75, 3.05) is 5.32 Å². The lowest BCUT2D eigenvalue weighted by atomic mass is 9.97. The highest BCUT2D eigenvalue weighted by molar-refractivity contribution is 5.96. The van der Waals surface area contributed by atoms with Crippen molar-refractivity contribution in [3.05, 3.63) is 64.7 Å². The van der Waals surface area contributed by atoms with Crippen molar-refractivity contribution in [2.45, 2.75) is 31.7 Å². The first-order valence-electron chi connectivity index (χ1n) is 9.07. The number of nitrogens with zero attached hydrogens (tertiary/aromatic N) is 2. The maximum Gasteiger partial charge on any atom is 0.417 e. The summed E-state index contributed by atoms with van der Waals surface area (Å²) >= 11 is 0. The number of hydrogen-bond acceptors (Lipinski definition) is 6. The second-order valence-electron chi connectivity index (χ2n) is 7.23. The number of hydrogen-bond donors (Lipinski definition) is 4. The molecule has 0 aliphatic carbocycles. The van der Waals surface area contributed by atoms with Gasteiger partial charge in [0.1, 0.15) is 6.04 Å². The van der Waals surface area contributed by atoms with Gasteiger partial charge in [0.15, 0.2) is 0 Å². The van der Waals surface area contributed by atoms with Gasteiger partial charge in [-0.1, -0.05) is 0 Å². The van der Waals surface area contributed by atoms with E-state index < -0.39 is 40.8 Å². The fourth-order valence-corrected chi connectivity index (χ4v) is 2.65. The molecule has 8 nitrogen and oxygen atoms in total. The summed E-state index contributed by atoms with van der Waals surface area (Å²) in [7, 11) is 0. The van der Waals surface area contributed by atoms with Gasteiger partial charge in [-0.25, -0.2) is 0 Å². The Morgan fingerprint density at radius 1 is 1.00 bits per heavy atom. The van der Waals surface area contributed by atoms with Crippen molar-refractivity contribution >= 4 is 17.5 Å². The number of nitrogens with one attached hydrogen (secondary N) is 3. The van der Waals surface area contributed by atoms with Crippen LogP contribution in [0.3, 0.4) is 0 Å². The predicted octanol–water partition coefficient (Wildman–Crippen LogP) is 2.46. The number of aliphatic hydroxyl groups is 1. The molecule has 32 heavy (non-hydrogen) atoms. The summed E-state index contributed by atoms with van der Waals surface area (Å²) in [6, 6.07) is 10.2. The van der Waals surface area contributed by atoms with Crippen LogP contribution in [0.4, 0.5) is 18.9 Å². The summed E-state index contributed by atoms with van der Waals surface area (Å²) in [6.07, 6.45) is -4.80. The molecule has 0 saturated carbocycles. The molecule has 0 aliphatic rings. The Morgan fingerprint density at radius 3 is 2.12 bits per heavy atom. The summed E-state index contributed by atoms with van der Waals surface area (Å²) < 4.78 is 39.6. The maximum atomic E-state index is 13.2. The van der Waals surface area contributed by atoms with Gasteiger partial charge in [-0.05, 0) is 56.3 Å². The van der Waals surface area contributed by atoms with E-state index >= 15 is 0 Å². The Bertz CT molecular complexity index is 1090. The van der Waals surface area contributed by atoms with Crippen molar-refractivity contribution in [3.63, 3.8) is 0 Å². The fourth-order valence-electron chi connectivity index (χ4n) is 2.65. The molecule has 4 N–H and O–H groups in total. The normalized spacial score (nSPS) is 12.1. The van der Waals surface area contributed by atoms with E-state index in [4.69, 9.17) is 10.5 Å². The van der Waals surface area contributed by atoms with Gasteiger partial charge in [0.25, 0.3) is 11.8 Å². The summed E-state index contributed by atoms with van der Waals surface area (Å²) in [6.45, 7) is 2.50. The topological polar surface area (TPSA) is 138 Å². The summed E-state index contributed by atoms with van der Waals surface area (Å²) in [5, 5.41) is 30.5. The number of amides is 2. The third kappa shape index (κ3) is 5.97. The molecule has 2 aromatic carbocycles. The Morgan fingerprint density at radius 2 is 1.62 bits per heavy atom. The smallest absolute Gasteiger partial charge is 0.388 e. The highest BCUT2D eigenvalue weighted by Gasteiger charge is 2.36. The number of benzene rings is 2. The predicted molar refractivity (Wildman–Crippen MR) is 107 cm³/mol. The van der Waals surface area contributed by atoms with Gasteiger partial charge in [0, 0.05) is 11.3 Å². The summed E-state index contributed by atoms with van der Waals surface area (Å²) in [5.41, 5.74) is 0.986. The molecule has 0 bridgehead atoms. The van der Waals surface area contributed by atoms with Gasteiger partial charge in [0.05, 0.1) is 34.4 Å². The van der Waals surface area contributed by atoms with Crippen LogP contribution in [0, 0.1) is 22.7 Å². The van der Waals surface area contributed by atoms with E-state index in [1.165, 1.54) is 44.2 Å². The number of carbonyl (C=O) groups is 2. The highest BCUT2D eigenvalue weighted by Crippen LogP contribution is 2.34. The number of rotatable bonds is 5. The second-order valence-corrected chi connectivity index (χ2v) is 7.23. The van der Waals surface area contributed by atoms with Crippen molar-refractivity contribution in [1.29, 1.82) is 10.5 Å². The average molecular weight is 445 g/mol. The Hall–Kier alpha value is -4.09. The molecular weight excluding hydrogens is 427 g/mol. The van der Waals surface area contributed by atoms with Crippen LogP contribution in [0.5, 0.6) is 0 Å². The van der Waals surface area contributed by atoms with Crippen LogP contribution >= 0.6 is 0 Å². The molecular formula is C21H18F3N5O3. The quantitative estimate of drug-likeness (QED) is 0.522. The molecule has 0 fully saturated rings. The molecule has 2 rings (SSSR count). The fraction of sp³-hybridized carbons (Fsp3) is 0.238. The third-order valence-corrected chi connectivity index (χ3v) is 4.30. The zero-order valence-corrected chi connectivity index (χ0v) is 16.9. The van der Waals surface area contributed by atoms with E-state index in [-0.39, 0.29) is 11.3 Å². The minimum absolute atomic E-state index is 0.138. The minimum atomic E-state index is -4.80. The first-order chi connectivity index (χ1) is 14.9. The monoisotopic (exact) mass is 445 g/mol. The largest absolute Gasteiger partial charge is 0.417 e. The Balaban J connectivity index is 2.18. The lowest BCUT2D eigenvalue weighted by Crippen LogP contribution is -2.56. The van der Waals surface area contributed by atoms with Crippen LogP contribution < -0.4 is 16.2 Å². The highest BCUT2D eigenvalue weighted by atomic mass is 19.4. The third-order valence-electron chi connectivity index (χ3n) is 4.30. The molecule has 0 saturated heterocycles. The van der Waals surface area contributed by atoms with Gasteiger partial charge in [-0.15, -0.1) is 0 Å². The number of nitriles is 2. The lowest BCUT2D eigenvalue weighted by Gasteiger charge is -2.30. The SMILES string of the molecule is CC(C)(O)[C@@H](Nc1ccc(C#N)c(C(F)(F)F)c1)C(=O)NNC(=O)c1ccc(C#N)cc1. The molecule has 0 aromatic heterocycles. The van der Waals surface area contributed by atoms with Gasteiger partial charge in [0.2, 0.25) is 0 Å². The molecule has 0 spiro atoms. The number of carbonyl (C=O) groups excluding carboxylic acids is 2. The summed E-state index contributed by atoms with van der Waals surface area (Å²) in [5.74, 6) is -1.65. The van der Waals surface area contributed by atoms with E-state index in [1.807, 2.05) is 6.07 Å². The molecule has 11 heteroatoms. The lowest BCUT2D eigenvalue weighted by molar-refractivity contribution is -0.137. The van der Waals surface area contributed by atoms with Crippen LogP contribution in [-0.4, -0.2) is 28.6 Å². The van der Waals surface area contributed by atoms with Crippen LogP contribution in [0.1, 0.15) is 40.9 Å². The molecule has 0 unspecified atom stereocenters. The molecule has 0 aliphatic heterocycles. The van der Waals surface area contributed by atoms with E-state index in [1.54, 1.807) is 0 Å². The van der Waals surface area contributed by atoms with Crippen LogP contribution in [0.2, 0.25) is 0 Å². The molecule has 0 radical (unpaired) electrons. The van der Waals surface area contributed by atoms with Crippen LogP contribution in [-0.2, 0) is 11.0 Å². The molecule has 1 atom stereocenters. The van der Waals surface area contributed by atoms with Crippen LogP contribution in [0.15, 0.2) is 42.5 Å². The van der Waals surface area contributed by atoms with Crippen molar-refractivity contribution < 1.29 is 27.9 Å². The van der Waals surface area contributed by atoms with Crippen molar-refractivity contribution in [3.8, 4) is 12.1 Å². The maximum absolute atomic E-state index is 13.2. The molecule has 2 amide bonds. The number of hydrazine groups is 1. The zero-order chi connectivity index (χ0) is 24.1. The van der Waals surface area contributed by atoms with E-state index in [0.717, 1.165) is 12.1 Å². The molecule has 0 heterocycles. The Labute approximate surface area is 181 Å². The van der Waals surface area contributed by atoms with E-state index in [9.17, 15) is 27.9 Å². The van der Waals surface area contributed by atoms with E-state index in [0.29, 0.717) is 11.6 Å². The van der Waals surface area contributed by atoms with Crippen molar-refractivity contribution in [2.24, 2.45) is 0 Å². The van der Waals surface area contributed by atoms with Crippen molar-refractivity contribution in [1.82, 2.24) is 10.9 Å². The van der Waals surface area contributed by atoms with Gasteiger partial charge in [-0.3, -0.25) is 20.4 Å². The number of alkyl halides is 3. The average Bonchev–Trinajstić information content (AvgIpc) is 2.74. The summed E-state index contributed by atoms with van der Waals surface area (Å²) in [4.78, 5) is 24.7. The van der Waals surface area contributed by atoms with Gasteiger partial charge in [-0.2, -0.15) is 23.7 Å². The van der Waals surface area contributed by atoms with Gasteiger partial charge >= 0.3 is 6.18 Å². The standard InChI is InChI=1S/C21H18F3N5O3/c1-20(2,32)17(27-15-8-7-14(11-26)16(9-15)21(22,23)24)19(31)29-28-18(30)13-5-3-12(10-25)4-6-13/h3-9,17,27,32H,1-2H3,(H,28,30)(H,29,31)/t17-/m0/s1. The van der Waals surface area contributed by atoms with E-state index in [2.05, 4.69) is 16.2 Å². The first-order valence-corrected chi connectivity index (χ1v) is 9.07. The number of halogens is 3. The minimum Gasteiger partial charge on any atom is -0.388 e. The zero-order valence-electron chi connectivity index (χ0n) is 16.9. The molecule has 166 valence electrons. The first kappa shape index (κ1) is 24.2. The number of anilines is 1. The second kappa shape index (κ2) is 9.37. The molecule has 2 aromatic rings.